The topological polar surface area (TPSA) is 131 Å². The Hall–Kier alpha value is -2.16. The lowest BCUT2D eigenvalue weighted by Gasteiger charge is -2.26. The highest BCUT2D eigenvalue weighted by Crippen LogP contribution is 2.32. The van der Waals surface area contributed by atoms with Crippen LogP contribution < -0.4 is 0 Å². The van der Waals surface area contributed by atoms with E-state index in [0.717, 1.165) is 11.1 Å². The number of phenolic OH excluding ortho intramolecular Hbond substituents is 2. The molecular formula is C19H26O7. The molecule has 144 valence electrons. The van der Waals surface area contributed by atoms with Crippen molar-refractivity contribution in [3.8, 4) is 11.5 Å². The van der Waals surface area contributed by atoms with Gasteiger partial charge in [-0.3, -0.25) is 0 Å². The molecule has 2 rings (SSSR count). The van der Waals surface area contributed by atoms with E-state index in [4.69, 9.17) is 20.4 Å². The van der Waals surface area contributed by atoms with Crippen LogP contribution in [0, 0.1) is 0 Å². The lowest BCUT2D eigenvalue weighted by Crippen LogP contribution is -2.20. The lowest BCUT2D eigenvalue weighted by molar-refractivity contribution is -0.138. The van der Waals surface area contributed by atoms with Gasteiger partial charge in [0.15, 0.2) is 12.6 Å². The predicted molar refractivity (Wildman–Crippen MR) is 95.6 cm³/mol. The number of benzene rings is 2. The van der Waals surface area contributed by atoms with Gasteiger partial charge in [0.2, 0.25) is 0 Å². The molecule has 2 aromatic carbocycles. The second-order valence-electron chi connectivity index (χ2n) is 6.22. The highest BCUT2D eigenvalue weighted by atomic mass is 16.6. The number of ether oxygens (including phenoxy) is 1. The van der Waals surface area contributed by atoms with Crippen molar-refractivity contribution < 1.29 is 35.4 Å². The zero-order chi connectivity index (χ0) is 19.7. The summed E-state index contributed by atoms with van der Waals surface area (Å²) in [4.78, 5) is 0. The van der Waals surface area contributed by atoms with Crippen molar-refractivity contribution in [2.75, 3.05) is 13.2 Å². The van der Waals surface area contributed by atoms with Crippen molar-refractivity contribution in [3.63, 3.8) is 0 Å². The maximum Gasteiger partial charge on any atom is 0.175 e. The first-order valence-corrected chi connectivity index (χ1v) is 8.02. The van der Waals surface area contributed by atoms with Crippen LogP contribution in [0.2, 0.25) is 0 Å². The Labute approximate surface area is 152 Å². The van der Waals surface area contributed by atoms with E-state index in [1.54, 1.807) is 24.3 Å². The molecule has 7 nitrogen and oxygen atoms in total. The number of aromatic hydroxyl groups is 2. The van der Waals surface area contributed by atoms with Gasteiger partial charge in [0.1, 0.15) is 11.5 Å². The highest BCUT2D eigenvalue weighted by molar-refractivity contribution is 5.41. The van der Waals surface area contributed by atoms with Gasteiger partial charge < -0.3 is 35.4 Å². The van der Waals surface area contributed by atoms with Crippen LogP contribution in [-0.2, 0) is 10.2 Å². The standard InChI is InChI=1S/C15H16O2.C4H10O5/c1-15(2,11-3-7-13(16)8-4-11)12-5-9-14(17)10-6-12;5-3(6)1-9-2-4(7)8/h3-10,16-17H,1-2H3;3-8H,1-2H2. The second kappa shape index (κ2) is 10.1. The summed E-state index contributed by atoms with van der Waals surface area (Å²) >= 11 is 0. The maximum atomic E-state index is 9.30. The van der Waals surface area contributed by atoms with Crippen molar-refractivity contribution in [1.82, 2.24) is 0 Å². The monoisotopic (exact) mass is 366 g/mol. The number of aliphatic hydroxyl groups is 4. The minimum absolute atomic E-state index is 0.151. The van der Waals surface area contributed by atoms with Gasteiger partial charge in [0.25, 0.3) is 0 Å². The van der Waals surface area contributed by atoms with Gasteiger partial charge in [0.05, 0.1) is 13.2 Å². The first-order valence-electron chi connectivity index (χ1n) is 8.02. The molecule has 0 unspecified atom stereocenters. The largest absolute Gasteiger partial charge is 0.508 e. The van der Waals surface area contributed by atoms with Crippen molar-refractivity contribution >= 4 is 0 Å². The molecule has 0 aliphatic heterocycles. The molecular weight excluding hydrogens is 340 g/mol. The number of phenols is 2. The van der Waals surface area contributed by atoms with Crippen LogP contribution in [0.15, 0.2) is 48.5 Å². The Bertz CT molecular complexity index is 578. The molecule has 26 heavy (non-hydrogen) atoms. The van der Waals surface area contributed by atoms with Crippen LogP contribution in [-0.4, -0.2) is 56.4 Å². The zero-order valence-corrected chi connectivity index (χ0v) is 14.8. The molecule has 0 aliphatic rings. The summed E-state index contributed by atoms with van der Waals surface area (Å²) in [5.41, 5.74) is 2.10. The summed E-state index contributed by atoms with van der Waals surface area (Å²) in [6, 6.07) is 14.4. The summed E-state index contributed by atoms with van der Waals surface area (Å²) in [7, 11) is 0. The van der Waals surface area contributed by atoms with Crippen molar-refractivity contribution in [2.45, 2.75) is 31.8 Å². The Morgan fingerprint density at radius 2 is 1.00 bits per heavy atom. The van der Waals surface area contributed by atoms with E-state index in [9.17, 15) is 10.2 Å². The fourth-order valence-corrected chi connectivity index (χ4v) is 2.20. The molecule has 0 bridgehead atoms. The van der Waals surface area contributed by atoms with Crippen molar-refractivity contribution in [1.29, 1.82) is 0 Å². The molecule has 0 aromatic heterocycles. The summed E-state index contributed by atoms with van der Waals surface area (Å²) in [5.74, 6) is 0.547. The van der Waals surface area contributed by atoms with Gasteiger partial charge in [-0.25, -0.2) is 0 Å². The summed E-state index contributed by atoms with van der Waals surface area (Å²) < 4.78 is 4.36. The summed E-state index contributed by atoms with van der Waals surface area (Å²) in [6.45, 7) is 3.62. The van der Waals surface area contributed by atoms with E-state index in [0.29, 0.717) is 0 Å². The Balaban J connectivity index is 0.000000321. The zero-order valence-electron chi connectivity index (χ0n) is 14.8. The fourth-order valence-electron chi connectivity index (χ4n) is 2.20. The molecule has 0 amide bonds. The molecule has 0 atom stereocenters. The predicted octanol–water partition coefficient (Wildman–Crippen LogP) is 1.05. The minimum atomic E-state index is -1.55. The van der Waals surface area contributed by atoms with Gasteiger partial charge in [-0.2, -0.15) is 0 Å². The summed E-state index contributed by atoms with van der Waals surface area (Å²) in [5, 5.41) is 51.1. The van der Waals surface area contributed by atoms with Crippen LogP contribution >= 0.6 is 0 Å². The van der Waals surface area contributed by atoms with Gasteiger partial charge >= 0.3 is 0 Å². The van der Waals surface area contributed by atoms with Crippen LogP contribution in [0.25, 0.3) is 0 Å². The van der Waals surface area contributed by atoms with Crippen LogP contribution in [0.4, 0.5) is 0 Å². The molecule has 7 heteroatoms. The third kappa shape index (κ3) is 7.38. The van der Waals surface area contributed by atoms with E-state index < -0.39 is 12.6 Å². The number of rotatable bonds is 6. The van der Waals surface area contributed by atoms with Gasteiger partial charge in [0, 0.05) is 5.41 Å². The fraction of sp³-hybridized carbons (Fsp3) is 0.368. The first kappa shape index (κ1) is 21.9. The quantitative estimate of drug-likeness (QED) is 0.421. The molecule has 0 saturated heterocycles. The van der Waals surface area contributed by atoms with E-state index in [-0.39, 0.29) is 30.1 Å². The molecule has 6 N–H and O–H groups in total. The van der Waals surface area contributed by atoms with Crippen LogP contribution in [0.1, 0.15) is 25.0 Å². The second-order valence-corrected chi connectivity index (χ2v) is 6.22. The molecule has 0 heterocycles. The SMILES string of the molecule is CC(C)(c1ccc(O)cc1)c1ccc(O)cc1.OC(O)COCC(O)O. The Morgan fingerprint density at radius 1 is 0.692 bits per heavy atom. The van der Waals surface area contributed by atoms with Crippen LogP contribution in [0.5, 0.6) is 11.5 Å². The third-order valence-corrected chi connectivity index (χ3v) is 3.71. The van der Waals surface area contributed by atoms with Gasteiger partial charge in [-0.05, 0) is 35.4 Å². The van der Waals surface area contributed by atoms with Gasteiger partial charge in [-0.1, -0.05) is 38.1 Å². The molecule has 0 spiro atoms. The Morgan fingerprint density at radius 3 is 1.27 bits per heavy atom. The molecule has 0 aliphatic carbocycles. The molecule has 0 radical (unpaired) electrons. The first-order chi connectivity index (χ1) is 12.1. The van der Waals surface area contributed by atoms with Crippen LogP contribution in [0.3, 0.4) is 0 Å². The minimum Gasteiger partial charge on any atom is -0.508 e. The average molecular weight is 366 g/mol. The summed E-state index contributed by atoms with van der Waals surface area (Å²) in [6.07, 6.45) is -3.10. The van der Waals surface area contributed by atoms with Crippen molar-refractivity contribution in [3.05, 3.63) is 59.7 Å². The lowest BCUT2D eigenvalue weighted by atomic mass is 9.78. The average Bonchev–Trinajstić information content (AvgIpc) is 2.55. The van der Waals surface area contributed by atoms with E-state index in [1.807, 2.05) is 24.3 Å². The van der Waals surface area contributed by atoms with Crippen molar-refractivity contribution in [2.24, 2.45) is 0 Å². The molecule has 0 fully saturated rings. The smallest absolute Gasteiger partial charge is 0.175 e. The van der Waals surface area contributed by atoms with E-state index in [2.05, 4.69) is 18.6 Å². The molecule has 2 aromatic rings. The molecule has 0 saturated carbocycles. The third-order valence-electron chi connectivity index (χ3n) is 3.71. The normalized spacial score (nSPS) is 11.4. The van der Waals surface area contributed by atoms with E-state index in [1.165, 1.54) is 0 Å². The number of aliphatic hydroxyl groups excluding tert-OH is 2. The van der Waals surface area contributed by atoms with Gasteiger partial charge in [-0.15, -0.1) is 0 Å². The number of hydrogen-bond acceptors (Lipinski definition) is 7. The highest BCUT2D eigenvalue weighted by Gasteiger charge is 2.22. The van der Waals surface area contributed by atoms with E-state index >= 15 is 0 Å². The Kier molecular flexibility index (Phi) is 8.50. The maximum absolute atomic E-state index is 9.30. The number of hydrogen-bond donors (Lipinski definition) is 6.